The molecule has 6 heteroatoms. The Labute approximate surface area is 164 Å². The third-order valence-corrected chi connectivity index (χ3v) is 5.05. The summed E-state index contributed by atoms with van der Waals surface area (Å²) in [6.07, 6.45) is 2.92. The molecule has 0 unspecified atom stereocenters. The van der Waals surface area contributed by atoms with Gasteiger partial charge in [0.15, 0.2) is 11.5 Å². The van der Waals surface area contributed by atoms with E-state index in [0.29, 0.717) is 18.0 Å². The number of rotatable bonds is 5. The van der Waals surface area contributed by atoms with E-state index in [4.69, 9.17) is 9.47 Å². The van der Waals surface area contributed by atoms with E-state index in [1.54, 1.807) is 11.1 Å². The lowest BCUT2D eigenvalue weighted by atomic mass is 10.1. The Balaban J connectivity index is 1.61. The van der Waals surface area contributed by atoms with Gasteiger partial charge in [-0.25, -0.2) is 4.98 Å². The van der Waals surface area contributed by atoms with E-state index in [9.17, 15) is 4.79 Å². The van der Waals surface area contributed by atoms with Crippen molar-refractivity contribution in [2.24, 2.45) is 7.05 Å². The summed E-state index contributed by atoms with van der Waals surface area (Å²) in [4.78, 5) is 19.6. The van der Waals surface area contributed by atoms with Crippen molar-refractivity contribution >= 4 is 5.91 Å². The van der Waals surface area contributed by atoms with E-state index in [0.717, 1.165) is 11.4 Å². The number of hydrogen-bond donors (Lipinski definition) is 0. The first-order valence-corrected chi connectivity index (χ1v) is 9.33. The number of ether oxygens (including phenoxy) is 2. The van der Waals surface area contributed by atoms with Crippen molar-refractivity contribution in [2.75, 3.05) is 6.61 Å². The maximum absolute atomic E-state index is 13.4. The van der Waals surface area contributed by atoms with E-state index in [2.05, 4.69) is 4.98 Å². The quantitative estimate of drug-likeness (QED) is 0.684. The largest absolute Gasteiger partial charge is 0.485 e. The highest BCUT2D eigenvalue weighted by Crippen LogP contribution is 2.32. The number of fused-ring (bicyclic) bond motifs is 1. The van der Waals surface area contributed by atoms with Crippen molar-refractivity contribution in [3.8, 4) is 11.5 Å². The lowest BCUT2D eigenvalue weighted by Gasteiger charge is -2.34. The molecule has 4 rings (SSSR count). The van der Waals surface area contributed by atoms with Gasteiger partial charge in [-0.05, 0) is 24.6 Å². The van der Waals surface area contributed by atoms with Gasteiger partial charge in [0.05, 0.1) is 12.6 Å². The molecular weight excluding hydrogens is 354 g/mol. The van der Waals surface area contributed by atoms with Gasteiger partial charge in [-0.15, -0.1) is 0 Å². The van der Waals surface area contributed by atoms with Gasteiger partial charge in [-0.2, -0.15) is 0 Å². The molecule has 2 aromatic carbocycles. The Morgan fingerprint density at radius 1 is 1.18 bits per heavy atom. The lowest BCUT2D eigenvalue weighted by Crippen LogP contribution is -2.47. The van der Waals surface area contributed by atoms with Gasteiger partial charge in [0, 0.05) is 19.4 Å². The average Bonchev–Trinajstić information content (AvgIpc) is 3.15. The minimum absolute atomic E-state index is 0.117. The number of carbonyl (C=O) groups is 1. The van der Waals surface area contributed by atoms with E-state index < -0.39 is 6.10 Å². The van der Waals surface area contributed by atoms with Crippen LogP contribution in [0.15, 0.2) is 67.0 Å². The molecule has 0 spiro atoms. The zero-order valence-corrected chi connectivity index (χ0v) is 16.0. The van der Waals surface area contributed by atoms with Crippen molar-refractivity contribution in [3.05, 3.63) is 78.4 Å². The molecule has 1 aliphatic rings. The second-order valence-electron chi connectivity index (χ2n) is 6.87. The van der Waals surface area contributed by atoms with Crippen molar-refractivity contribution in [1.29, 1.82) is 0 Å². The Morgan fingerprint density at radius 2 is 1.89 bits per heavy atom. The topological polar surface area (TPSA) is 56.6 Å². The zero-order valence-electron chi connectivity index (χ0n) is 16.0. The van der Waals surface area contributed by atoms with Gasteiger partial charge in [0.25, 0.3) is 5.91 Å². The fraction of sp³-hybridized carbons (Fsp3) is 0.273. The molecule has 0 bridgehead atoms. The SMILES string of the molecule is C[C@H](c1ccccc1)N(Cc1nccn1C)C(=O)[C@@H]1COc2ccccc2O1. The molecule has 0 N–H and O–H groups in total. The summed E-state index contributed by atoms with van der Waals surface area (Å²) < 4.78 is 13.6. The summed E-state index contributed by atoms with van der Waals surface area (Å²) in [6, 6.07) is 17.3. The molecule has 2 atom stereocenters. The predicted octanol–water partition coefficient (Wildman–Crippen LogP) is 3.35. The summed E-state index contributed by atoms with van der Waals surface area (Å²) in [5.41, 5.74) is 1.06. The third-order valence-electron chi connectivity index (χ3n) is 5.05. The van der Waals surface area contributed by atoms with Crippen LogP contribution < -0.4 is 9.47 Å². The number of para-hydroxylation sites is 2. The molecule has 1 aliphatic heterocycles. The number of hydrogen-bond acceptors (Lipinski definition) is 4. The number of benzene rings is 2. The first kappa shape index (κ1) is 18.1. The second-order valence-corrected chi connectivity index (χ2v) is 6.87. The van der Waals surface area contributed by atoms with Gasteiger partial charge < -0.3 is 18.9 Å². The van der Waals surface area contributed by atoms with Gasteiger partial charge in [0.1, 0.15) is 12.4 Å². The molecule has 0 radical (unpaired) electrons. The number of imidazole rings is 1. The van der Waals surface area contributed by atoms with Crippen LogP contribution in [0.3, 0.4) is 0 Å². The minimum atomic E-state index is -0.693. The van der Waals surface area contributed by atoms with Gasteiger partial charge in [-0.1, -0.05) is 42.5 Å². The molecule has 28 heavy (non-hydrogen) atoms. The fourth-order valence-electron chi connectivity index (χ4n) is 3.34. The molecule has 1 aromatic heterocycles. The molecule has 0 fully saturated rings. The van der Waals surface area contributed by atoms with Crippen molar-refractivity contribution in [1.82, 2.24) is 14.5 Å². The Morgan fingerprint density at radius 3 is 2.61 bits per heavy atom. The highest BCUT2D eigenvalue weighted by Gasteiger charge is 2.34. The summed E-state index contributed by atoms with van der Waals surface area (Å²) >= 11 is 0. The monoisotopic (exact) mass is 377 g/mol. The first-order chi connectivity index (χ1) is 13.6. The highest BCUT2D eigenvalue weighted by molar-refractivity contribution is 5.82. The molecule has 0 saturated carbocycles. The van der Waals surface area contributed by atoms with Crippen LogP contribution in [-0.4, -0.2) is 33.1 Å². The van der Waals surface area contributed by atoms with Crippen LogP contribution in [0.2, 0.25) is 0 Å². The zero-order chi connectivity index (χ0) is 19.5. The molecule has 1 amide bonds. The van der Waals surface area contributed by atoms with E-state index >= 15 is 0 Å². The van der Waals surface area contributed by atoms with Crippen LogP contribution in [0.4, 0.5) is 0 Å². The number of aromatic nitrogens is 2. The van der Waals surface area contributed by atoms with E-state index in [1.807, 2.05) is 79.3 Å². The average molecular weight is 377 g/mol. The minimum Gasteiger partial charge on any atom is -0.485 e. The standard InChI is InChI=1S/C22H23N3O3/c1-16(17-8-4-3-5-9-17)25(14-21-23-12-13-24(21)2)22(26)20-15-27-18-10-6-7-11-19(18)28-20/h3-13,16,20H,14-15H2,1-2H3/t16-,20+/m1/s1. The van der Waals surface area contributed by atoms with Gasteiger partial charge in [0.2, 0.25) is 6.10 Å². The fourth-order valence-corrected chi connectivity index (χ4v) is 3.34. The van der Waals surface area contributed by atoms with Crippen LogP contribution in [0.25, 0.3) is 0 Å². The Hall–Kier alpha value is -3.28. The Bertz CT molecular complexity index is 954. The molecule has 144 valence electrons. The van der Waals surface area contributed by atoms with Crippen LogP contribution in [-0.2, 0) is 18.4 Å². The molecular formula is C22H23N3O3. The number of carbonyl (C=O) groups excluding carboxylic acids is 1. The molecule has 6 nitrogen and oxygen atoms in total. The molecule has 2 heterocycles. The Kier molecular flexibility index (Phi) is 5.02. The summed E-state index contributed by atoms with van der Waals surface area (Å²) in [5, 5.41) is 0. The number of aryl methyl sites for hydroxylation is 1. The summed E-state index contributed by atoms with van der Waals surface area (Å²) in [7, 11) is 1.93. The summed E-state index contributed by atoms with van der Waals surface area (Å²) in [6.45, 7) is 2.60. The van der Waals surface area contributed by atoms with Crippen molar-refractivity contribution in [2.45, 2.75) is 25.6 Å². The number of amides is 1. The maximum Gasteiger partial charge on any atom is 0.268 e. The third kappa shape index (κ3) is 3.58. The van der Waals surface area contributed by atoms with E-state index in [-0.39, 0.29) is 18.6 Å². The van der Waals surface area contributed by atoms with Crippen molar-refractivity contribution in [3.63, 3.8) is 0 Å². The van der Waals surface area contributed by atoms with Crippen LogP contribution >= 0.6 is 0 Å². The maximum atomic E-state index is 13.4. The van der Waals surface area contributed by atoms with Crippen LogP contribution in [0.1, 0.15) is 24.4 Å². The second kappa shape index (κ2) is 7.76. The highest BCUT2D eigenvalue weighted by atomic mass is 16.6. The molecule has 0 saturated heterocycles. The smallest absolute Gasteiger partial charge is 0.268 e. The summed E-state index contributed by atoms with van der Waals surface area (Å²) in [5.74, 6) is 1.96. The number of nitrogens with zero attached hydrogens (tertiary/aromatic N) is 3. The molecule has 3 aromatic rings. The first-order valence-electron chi connectivity index (χ1n) is 9.33. The van der Waals surface area contributed by atoms with Gasteiger partial charge >= 0.3 is 0 Å². The van der Waals surface area contributed by atoms with Crippen LogP contribution in [0, 0.1) is 0 Å². The van der Waals surface area contributed by atoms with Gasteiger partial charge in [-0.3, -0.25) is 4.79 Å². The lowest BCUT2D eigenvalue weighted by molar-refractivity contribution is -0.144. The van der Waals surface area contributed by atoms with Crippen molar-refractivity contribution < 1.29 is 14.3 Å². The van der Waals surface area contributed by atoms with Crippen LogP contribution in [0.5, 0.6) is 11.5 Å². The van der Waals surface area contributed by atoms with E-state index in [1.165, 1.54) is 0 Å². The normalized spacial score (nSPS) is 16.4. The predicted molar refractivity (Wildman–Crippen MR) is 105 cm³/mol. The molecule has 0 aliphatic carbocycles.